The second kappa shape index (κ2) is 7.74. The third-order valence-electron chi connectivity index (χ3n) is 3.76. The van der Waals surface area contributed by atoms with Crippen LogP contribution in [0.3, 0.4) is 0 Å². The first-order valence-corrected chi connectivity index (χ1v) is 8.72. The number of rotatable bonds is 7. The van der Waals surface area contributed by atoms with E-state index in [0.29, 0.717) is 32.6 Å². The van der Waals surface area contributed by atoms with E-state index in [0.717, 1.165) is 0 Å². The molecule has 1 atom stereocenters. The summed E-state index contributed by atoms with van der Waals surface area (Å²) < 4.78 is 30.1. The molecule has 0 aromatic rings. The van der Waals surface area contributed by atoms with E-state index < -0.39 is 32.2 Å². The van der Waals surface area contributed by atoms with Gasteiger partial charge in [-0.05, 0) is 26.7 Å². The van der Waals surface area contributed by atoms with Gasteiger partial charge in [-0.3, -0.25) is 9.59 Å². The van der Waals surface area contributed by atoms with Crippen LogP contribution in [-0.4, -0.2) is 67.1 Å². The molecule has 1 fully saturated rings. The van der Waals surface area contributed by atoms with Gasteiger partial charge in [0.1, 0.15) is 5.25 Å². The van der Waals surface area contributed by atoms with Crippen LogP contribution in [0.2, 0.25) is 0 Å². The van der Waals surface area contributed by atoms with Crippen LogP contribution in [0.5, 0.6) is 0 Å². The molecule has 0 bridgehead atoms. The van der Waals surface area contributed by atoms with E-state index in [-0.39, 0.29) is 13.0 Å². The van der Waals surface area contributed by atoms with Crippen molar-refractivity contribution in [1.29, 1.82) is 0 Å². The number of carbonyl (C=O) groups excluding carboxylic acids is 1. The topological polar surface area (TPSA) is 101 Å². The number of carboxylic acids is 1. The van der Waals surface area contributed by atoms with E-state index in [9.17, 15) is 18.0 Å². The molecule has 8 heteroatoms. The number of hydrogen-bond acceptors (Lipinski definition) is 5. The molecule has 21 heavy (non-hydrogen) atoms. The van der Waals surface area contributed by atoms with Gasteiger partial charge in [-0.2, -0.15) is 0 Å². The Labute approximate surface area is 125 Å². The molecule has 1 amide bonds. The molecule has 1 saturated heterocycles. The fourth-order valence-electron chi connectivity index (χ4n) is 2.35. The lowest BCUT2D eigenvalue weighted by molar-refractivity contribution is -0.138. The van der Waals surface area contributed by atoms with Gasteiger partial charge in [0.15, 0.2) is 9.84 Å². The Morgan fingerprint density at radius 3 is 2.38 bits per heavy atom. The van der Waals surface area contributed by atoms with Crippen molar-refractivity contribution < 1.29 is 27.9 Å². The van der Waals surface area contributed by atoms with Gasteiger partial charge in [0.2, 0.25) is 5.91 Å². The molecule has 0 radical (unpaired) electrons. The predicted molar refractivity (Wildman–Crippen MR) is 76.7 cm³/mol. The second-order valence-electron chi connectivity index (χ2n) is 5.10. The van der Waals surface area contributed by atoms with Crippen LogP contribution in [0.4, 0.5) is 0 Å². The normalized spacial score (nSPS) is 18.2. The average molecular weight is 321 g/mol. The lowest BCUT2D eigenvalue weighted by Gasteiger charge is -2.28. The van der Waals surface area contributed by atoms with Gasteiger partial charge in [-0.1, -0.05) is 0 Å². The summed E-state index contributed by atoms with van der Waals surface area (Å²) in [6.07, 6.45) is 0.617. The minimum absolute atomic E-state index is 0.0261. The highest BCUT2D eigenvalue weighted by Gasteiger charge is 2.38. The van der Waals surface area contributed by atoms with E-state index in [1.54, 1.807) is 6.92 Å². The molecule has 1 aliphatic rings. The Morgan fingerprint density at radius 1 is 1.33 bits per heavy atom. The largest absolute Gasteiger partial charge is 0.481 e. The standard InChI is InChI=1S/C13H23NO6S/c1-3-14(7-4-12(15)16)13(17)10(2)21(18,19)11-5-8-20-9-6-11/h10-11H,3-9H2,1-2H3,(H,15,16). The van der Waals surface area contributed by atoms with E-state index in [2.05, 4.69) is 0 Å². The number of sulfone groups is 1. The molecule has 1 rings (SSSR count). The van der Waals surface area contributed by atoms with Crippen LogP contribution in [0.15, 0.2) is 0 Å². The number of carboxylic acid groups (broad SMARTS) is 1. The predicted octanol–water partition coefficient (Wildman–Crippen LogP) is 0.292. The van der Waals surface area contributed by atoms with Crippen molar-refractivity contribution in [2.75, 3.05) is 26.3 Å². The zero-order chi connectivity index (χ0) is 16.0. The highest BCUT2D eigenvalue weighted by atomic mass is 32.2. The Bertz CT molecular complexity index is 469. The minimum atomic E-state index is -3.57. The molecule has 0 spiro atoms. The SMILES string of the molecule is CCN(CCC(=O)O)C(=O)C(C)S(=O)(=O)C1CCOCC1. The van der Waals surface area contributed by atoms with Crippen LogP contribution < -0.4 is 0 Å². The molecule has 122 valence electrons. The van der Waals surface area contributed by atoms with Gasteiger partial charge in [0, 0.05) is 26.3 Å². The third-order valence-corrected chi connectivity index (χ3v) is 6.35. The summed E-state index contributed by atoms with van der Waals surface area (Å²) in [6.45, 7) is 4.19. The van der Waals surface area contributed by atoms with Gasteiger partial charge in [-0.25, -0.2) is 8.42 Å². The lowest BCUT2D eigenvalue weighted by Crippen LogP contribution is -2.46. The second-order valence-corrected chi connectivity index (χ2v) is 7.66. The highest BCUT2D eigenvalue weighted by Crippen LogP contribution is 2.21. The van der Waals surface area contributed by atoms with Crippen LogP contribution >= 0.6 is 0 Å². The fraction of sp³-hybridized carbons (Fsp3) is 0.846. The van der Waals surface area contributed by atoms with Crippen LogP contribution in [0.25, 0.3) is 0 Å². The highest BCUT2D eigenvalue weighted by molar-refractivity contribution is 7.93. The zero-order valence-electron chi connectivity index (χ0n) is 12.4. The van der Waals surface area contributed by atoms with Crippen molar-refractivity contribution in [1.82, 2.24) is 4.90 Å². The number of ether oxygens (including phenoxy) is 1. The molecule has 1 N–H and O–H groups in total. The summed E-state index contributed by atoms with van der Waals surface area (Å²) in [5, 5.41) is 6.98. The van der Waals surface area contributed by atoms with E-state index in [1.165, 1.54) is 11.8 Å². The molecule has 1 aliphatic heterocycles. The molecule has 1 heterocycles. The van der Waals surface area contributed by atoms with Gasteiger partial charge < -0.3 is 14.7 Å². The number of hydrogen-bond donors (Lipinski definition) is 1. The van der Waals surface area contributed by atoms with E-state index in [4.69, 9.17) is 9.84 Å². The maximum atomic E-state index is 12.5. The Kier molecular flexibility index (Phi) is 6.60. The molecule has 7 nitrogen and oxygen atoms in total. The monoisotopic (exact) mass is 321 g/mol. The number of nitrogens with zero attached hydrogens (tertiary/aromatic N) is 1. The van der Waals surface area contributed by atoms with Crippen LogP contribution in [0.1, 0.15) is 33.1 Å². The quantitative estimate of drug-likeness (QED) is 0.723. The lowest BCUT2D eigenvalue weighted by atomic mass is 10.2. The minimum Gasteiger partial charge on any atom is -0.481 e. The summed E-state index contributed by atoms with van der Waals surface area (Å²) in [7, 11) is -3.57. The molecular weight excluding hydrogens is 298 g/mol. The van der Waals surface area contributed by atoms with Crippen molar-refractivity contribution in [2.45, 2.75) is 43.6 Å². The van der Waals surface area contributed by atoms with Crippen molar-refractivity contribution in [3.63, 3.8) is 0 Å². The number of aliphatic carboxylic acids is 1. The van der Waals surface area contributed by atoms with Gasteiger partial charge >= 0.3 is 5.97 Å². The summed E-state index contributed by atoms with van der Waals surface area (Å²) in [5.74, 6) is -1.54. The maximum absolute atomic E-state index is 12.5. The Morgan fingerprint density at radius 2 is 1.90 bits per heavy atom. The van der Waals surface area contributed by atoms with Gasteiger partial charge in [0.25, 0.3) is 0 Å². The van der Waals surface area contributed by atoms with Crippen molar-refractivity contribution >= 4 is 21.7 Å². The molecule has 0 aromatic carbocycles. The first-order valence-electron chi connectivity index (χ1n) is 7.11. The van der Waals surface area contributed by atoms with Gasteiger partial charge in [-0.15, -0.1) is 0 Å². The zero-order valence-corrected chi connectivity index (χ0v) is 13.3. The van der Waals surface area contributed by atoms with Crippen LogP contribution in [0, 0.1) is 0 Å². The van der Waals surface area contributed by atoms with Crippen molar-refractivity contribution in [3.05, 3.63) is 0 Å². The van der Waals surface area contributed by atoms with Crippen LogP contribution in [-0.2, 0) is 24.2 Å². The molecule has 0 aliphatic carbocycles. The number of carbonyl (C=O) groups is 2. The Hall–Kier alpha value is -1.15. The first-order chi connectivity index (χ1) is 9.80. The summed E-state index contributed by atoms with van der Waals surface area (Å²) in [6, 6.07) is 0. The Balaban J connectivity index is 2.76. The molecular formula is C13H23NO6S. The number of amides is 1. The van der Waals surface area contributed by atoms with E-state index in [1.807, 2.05) is 0 Å². The van der Waals surface area contributed by atoms with Gasteiger partial charge in [0.05, 0.1) is 11.7 Å². The van der Waals surface area contributed by atoms with Crippen molar-refractivity contribution in [2.24, 2.45) is 0 Å². The molecule has 0 saturated carbocycles. The summed E-state index contributed by atoms with van der Waals surface area (Å²) >= 11 is 0. The average Bonchev–Trinajstić information content (AvgIpc) is 2.47. The first kappa shape index (κ1) is 17.9. The van der Waals surface area contributed by atoms with E-state index >= 15 is 0 Å². The summed E-state index contributed by atoms with van der Waals surface area (Å²) in [5.41, 5.74) is 0. The van der Waals surface area contributed by atoms with Crippen molar-refractivity contribution in [3.8, 4) is 0 Å². The molecule has 0 aromatic heterocycles. The maximum Gasteiger partial charge on any atom is 0.305 e. The molecule has 1 unspecified atom stereocenters. The fourth-order valence-corrected chi connectivity index (χ4v) is 4.20. The summed E-state index contributed by atoms with van der Waals surface area (Å²) in [4.78, 5) is 24.2. The smallest absolute Gasteiger partial charge is 0.305 e. The third kappa shape index (κ3) is 4.67.